The van der Waals surface area contributed by atoms with E-state index in [1.54, 1.807) is 6.07 Å². The summed E-state index contributed by atoms with van der Waals surface area (Å²) < 4.78 is 4.74. The van der Waals surface area contributed by atoms with E-state index in [2.05, 4.69) is 41.7 Å². The highest BCUT2D eigenvalue weighted by molar-refractivity contribution is 5.93. The Morgan fingerprint density at radius 2 is 1.70 bits per heavy atom. The van der Waals surface area contributed by atoms with E-state index in [0.717, 1.165) is 19.5 Å². The molecule has 1 aromatic carbocycles. The Labute approximate surface area is 179 Å². The van der Waals surface area contributed by atoms with Crippen LogP contribution in [0.5, 0.6) is 0 Å². The van der Waals surface area contributed by atoms with E-state index in [1.165, 1.54) is 57.4 Å². The monoisotopic (exact) mass is 419 g/mol. The summed E-state index contributed by atoms with van der Waals surface area (Å²) in [5.74, 6) is 0.577. The number of anilines is 1. The van der Waals surface area contributed by atoms with Gasteiger partial charge in [0.25, 0.3) is 0 Å². The van der Waals surface area contributed by atoms with Crippen molar-refractivity contribution in [2.24, 2.45) is 5.92 Å². The minimum Gasteiger partial charge on any atom is -0.382 e. The fourth-order valence-corrected chi connectivity index (χ4v) is 3.75. The van der Waals surface area contributed by atoms with Gasteiger partial charge in [-0.05, 0) is 41.7 Å². The lowest BCUT2D eigenvalue weighted by Crippen LogP contribution is -2.37. The highest BCUT2D eigenvalue weighted by Crippen LogP contribution is 2.28. The SMILES string of the molecule is CCCCCCCCCCN[C@H](CNc1ccc([N+](=O)[O-])c2nonc12)CC(C)C. The van der Waals surface area contributed by atoms with Crippen molar-refractivity contribution in [3.05, 3.63) is 22.2 Å². The Morgan fingerprint density at radius 1 is 1.03 bits per heavy atom. The summed E-state index contributed by atoms with van der Waals surface area (Å²) in [5, 5.41) is 25.7. The second-order valence-corrected chi connectivity index (χ2v) is 8.49. The third-order valence-corrected chi connectivity index (χ3v) is 5.35. The van der Waals surface area contributed by atoms with E-state index in [4.69, 9.17) is 4.63 Å². The first-order valence-corrected chi connectivity index (χ1v) is 11.4. The summed E-state index contributed by atoms with van der Waals surface area (Å²) in [6.07, 6.45) is 11.6. The Balaban J connectivity index is 1.80. The number of nitro benzene ring substituents is 1. The fourth-order valence-electron chi connectivity index (χ4n) is 3.75. The Hall–Kier alpha value is -2.22. The lowest BCUT2D eigenvalue weighted by Gasteiger charge is -2.22. The first kappa shape index (κ1) is 24.1. The predicted octanol–water partition coefficient (Wildman–Crippen LogP) is 5.69. The molecule has 0 aliphatic carbocycles. The van der Waals surface area contributed by atoms with Crippen molar-refractivity contribution in [2.45, 2.75) is 84.6 Å². The molecule has 8 nitrogen and oxygen atoms in total. The minimum atomic E-state index is -0.469. The molecular formula is C22H37N5O3. The number of unbranched alkanes of at least 4 members (excludes halogenated alkanes) is 7. The molecule has 0 fully saturated rings. The van der Waals surface area contributed by atoms with Gasteiger partial charge in [0.2, 0.25) is 5.52 Å². The van der Waals surface area contributed by atoms with Gasteiger partial charge in [-0.2, -0.15) is 0 Å². The van der Waals surface area contributed by atoms with E-state index < -0.39 is 4.92 Å². The van der Waals surface area contributed by atoms with E-state index in [0.29, 0.717) is 23.2 Å². The molecule has 2 N–H and O–H groups in total. The lowest BCUT2D eigenvalue weighted by molar-refractivity contribution is -0.383. The van der Waals surface area contributed by atoms with Crippen molar-refractivity contribution < 1.29 is 9.55 Å². The molecule has 0 unspecified atom stereocenters. The van der Waals surface area contributed by atoms with E-state index in [1.807, 2.05) is 0 Å². The molecule has 8 heteroatoms. The summed E-state index contributed by atoms with van der Waals surface area (Å²) in [5.41, 5.74) is 1.19. The summed E-state index contributed by atoms with van der Waals surface area (Å²) in [4.78, 5) is 10.7. The van der Waals surface area contributed by atoms with Crippen molar-refractivity contribution in [3.8, 4) is 0 Å². The summed E-state index contributed by atoms with van der Waals surface area (Å²) in [6, 6.07) is 3.44. The van der Waals surface area contributed by atoms with Gasteiger partial charge in [0.05, 0.1) is 10.6 Å². The van der Waals surface area contributed by atoms with Crippen LogP contribution >= 0.6 is 0 Å². The molecule has 168 valence electrons. The molecule has 2 aromatic rings. The highest BCUT2D eigenvalue weighted by Gasteiger charge is 2.20. The Kier molecular flexibility index (Phi) is 10.5. The van der Waals surface area contributed by atoms with Gasteiger partial charge in [0, 0.05) is 18.7 Å². The van der Waals surface area contributed by atoms with Gasteiger partial charge in [-0.1, -0.05) is 65.7 Å². The van der Waals surface area contributed by atoms with Crippen LogP contribution in [0.15, 0.2) is 16.8 Å². The molecular weight excluding hydrogens is 382 g/mol. The van der Waals surface area contributed by atoms with Crippen LogP contribution in [0, 0.1) is 16.0 Å². The average molecular weight is 420 g/mol. The maximum Gasteiger partial charge on any atom is 0.300 e. The zero-order valence-corrected chi connectivity index (χ0v) is 18.7. The summed E-state index contributed by atoms with van der Waals surface area (Å²) >= 11 is 0. The molecule has 0 saturated heterocycles. The highest BCUT2D eigenvalue weighted by atomic mass is 16.6. The zero-order chi connectivity index (χ0) is 21.8. The van der Waals surface area contributed by atoms with Crippen molar-refractivity contribution >= 4 is 22.4 Å². The van der Waals surface area contributed by atoms with Crippen molar-refractivity contribution in [3.63, 3.8) is 0 Å². The number of benzene rings is 1. The van der Waals surface area contributed by atoms with Crippen LogP contribution in [0.2, 0.25) is 0 Å². The number of nitrogens with one attached hydrogen (secondary N) is 2. The number of non-ortho nitro benzene ring substituents is 1. The van der Waals surface area contributed by atoms with Crippen LogP contribution in [0.1, 0.15) is 78.6 Å². The van der Waals surface area contributed by atoms with Crippen LogP contribution in [-0.2, 0) is 0 Å². The Bertz CT molecular complexity index is 762. The maximum absolute atomic E-state index is 11.1. The zero-order valence-electron chi connectivity index (χ0n) is 18.7. The molecule has 0 spiro atoms. The quantitative estimate of drug-likeness (QED) is 0.204. The lowest BCUT2D eigenvalue weighted by atomic mass is 10.0. The molecule has 1 aromatic heterocycles. The van der Waals surface area contributed by atoms with Crippen LogP contribution < -0.4 is 10.6 Å². The molecule has 0 aliphatic rings. The number of rotatable bonds is 16. The Morgan fingerprint density at radius 3 is 2.37 bits per heavy atom. The first-order valence-electron chi connectivity index (χ1n) is 11.4. The normalized spacial score (nSPS) is 12.5. The van der Waals surface area contributed by atoms with Crippen LogP contribution in [0.4, 0.5) is 11.4 Å². The topological polar surface area (TPSA) is 106 Å². The maximum atomic E-state index is 11.1. The fraction of sp³-hybridized carbons (Fsp3) is 0.727. The largest absolute Gasteiger partial charge is 0.382 e. The molecule has 1 atom stereocenters. The molecule has 0 radical (unpaired) electrons. The molecule has 30 heavy (non-hydrogen) atoms. The van der Waals surface area contributed by atoms with Crippen LogP contribution in [-0.4, -0.2) is 34.4 Å². The third kappa shape index (κ3) is 7.89. The molecule has 0 bridgehead atoms. The van der Waals surface area contributed by atoms with Gasteiger partial charge in [0.1, 0.15) is 0 Å². The number of nitrogens with zero attached hydrogens (tertiary/aromatic N) is 3. The molecule has 0 amide bonds. The minimum absolute atomic E-state index is 0.0941. The summed E-state index contributed by atoms with van der Waals surface area (Å²) in [6.45, 7) is 8.42. The second kappa shape index (κ2) is 13.2. The van der Waals surface area contributed by atoms with Gasteiger partial charge in [-0.25, -0.2) is 4.63 Å². The van der Waals surface area contributed by atoms with Gasteiger partial charge >= 0.3 is 5.69 Å². The number of aromatic nitrogens is 2. The number of nitro groups is 1. The van der Waals surface area contributed by atoms with Crippen molar-refractivity contribution in [1.82, 2.24) is 15.6 Å². The van der Waals surface area contributed by atoms with Gasteiger partial charge in [-0.3, -0.25) is 10.1 Å². The van der Waals surface area contributed by atoms with Crippen LogP contribution in [0.25, 0.3) is 11.0 Å². The van der Waals surface area contributed by atoms with E-state index >= 15 is 0 Å². The van der Waals surface area contributed by atoms with E-state index in [-0.39, 0.29) is 11.2 Å². The molecule has 2 rings (SSSR count). The van der Waals surface area contributed by atoms with Gasteiger partial charge < -0.3 is 10.6 Å². The number of hydrogen-bond acceptors (Lipinski definition) is 7. The van der Waals surface area contributed by atoms with Crippen molar-refractivity contribution in [1.29, 1.82) is 0 Å². The van der Waals surface area contributed by atoms with Gasteiger partial charge in [0.15, 0.2) is 5.52 Å². The van der Waals surface area contributed by atoms with E-state index in [9.17, 15) is 10.1 Å². The standard InChI is InChI=1S/C22H37N5O3/c1-4-5-6-7-8-9-10-11-14-23-18(15-17(2)3)16-24-19-12-13-20(27(28)29)22-21(19)25-30-26-22/h12-13,17-18,23-24H,4-11,14-16H2,1-3H3/t18-/m0/s1. The predicted molar refractivity (Wildman–Crippen MR) is 121 cm³/mol. The first-order chi connectivity index (χ1) is 14.5. The number of fused-ring (bicyclic) bond motifs is 1. The van der Waals surface area contributed by atoms with Crippen molar-refractivity contribution in [2.75, 3.05) is 18.4 Å². The summed E-state index contributed by atoms with van der Waals surface area (Å²) in [7, 11) is 0. The number of hydrogen-bond donors (Lipinski definition) is 2. The molecule has 1 heterocycles. The van der Waals surface area contributed by atoms with Gasteiger partial charge in [-0.15, -0.1) is 0 Å². The molecule has 0 aliphatic heterocycles. The smallest absolute Gasteiger partial charge is 0.300 e. The third-order valence-electron chi connectivity index (χ3n) is 5.35. The average Bonchev–Trinajstić information content (AvgIpc) is 3.19. The second-order valence-electron chi connectivity index (χ2n) is 8.49. The molecule has 0 saturated carbocycles. The van der Waals surface area contributed by atoms with Crippen LogP contribution in [0.3, 0.4) is 0 Å².